The molecule has 0 saturated carbocycles. The molecule has 0 aliphatic heterocycles. The molecule has 0 aromatic heterocycles. The Morgan fingerprint density at radius 2 is 2.36 bits per heavy atom. The van der Waals surface area contributed by atoms with Crippen molar-refractivity contribution in [2.24, 2.45) is 0 Å². The van der Waals surface area contributed by atoms with Crippen LogP contribution in [0.1, 0.15) is 20.0 Å². The Morgan fingerprint density at radius 3 is 2.93 bits per heavy atom. The third kappa shape index (κ3) is 1.71. The van der Waals surface area contributed by atoms with Crippen LogP contribution in [0.15, 0.2) is 18.2 Å². The van der Waals surface area contributed by atoms with E-state index in [0.29, 0.717) is 0 Å². The molecule has 5 nitrogen and oxygen atoms in total. The molecule has 0 heterocycles. The van der Waals surface area contributed by atoms with Crippen LogP contribution in [-0.4, -0.2) is 17.9 Å². The highest BCUT2D eigenvalue weighted by Crippen LogP contribution is 2.21. The van der Waals surface area contributed by atoms with Gasteiger partial charge in [0.25, 0.3) is 5.69 Å². The summed E-state index contributed by atoms with van der Waals surface area (Å²) in [6, 6.07) is 3.79. The van der Waals surface area contributed by atoms with Crippen molar-refractivity contribution in [3.05, 3.63) is 39.4 Å². The zero-order chi connectivity index (χ0) is 13.2. The molecule has 0 atom stereocenters. The number of hydrogen-bond donors (Lipinski definition) is 0. The summed E-state index contributed by atoms with van der Waals surface area (Å²) in [5.74, 6) is -1.11. The predicted molar refractivity (Wildman–Crippen MR) is 49.2 cm³/mol. The number of rotatable bonds is 2. The Kier molecular flexibility index (Phi) is 1.80. The second-order valence-electron chi connectivity index (χ2n) is 2.60. The highest BCUT2D eigenvalue weighted by molar-refractivity contribution is 5.92. The minimum Gasteiger partial charge on any atom is -0.465 e. The molecule has 0 radical (unpaired) electrons. The van der Waals surface area contributed by atoms with Crippen LogP contribution in [0, 0.1) is 17.0 Å². The van der Waals surface area contributed by atoms with Gasteiger partial charge in [-0.2, -0.15) is 0 Å². The third-order valence-electron chi connectivity index (χ3n) is 1.81. The summed E-state index contributed by atoms with van der Waals surface area (Å²) >= 11 is 0. The molecule has 0 N–H and O–H groups in total. The van der Waals surface area contributed by atoms with Gasteiger partial charge >= 0.3 is 5.97 Å². The van der Waals surface area contributed by atoms with Gasteiger partial charge in [-0.05, 0) is 13.0 Å². The highest BCUT2D eigenvalue weighted by atomic mass is 16.6. The number of carbonyl (C=O) groups is 1. The molecule has 0 saturated heterocycles. The molecular formula is C9H9NO4. The van der Waals surface area contributed by atoms with E-state index in [1.54, 1.807) is 0 Å². The van der Waals surface area contributed by atoms with Crippen LogP contribution >= 0.6 is 0 Å². The van der Waals surface area contributed by atoms with Gasteiger partial charge in [0.2, 0.25) is 0 Å². The molecule has 14 heavy (non-hydrogen) atoms. The predicted octanol–water partition coefficient (Wildman–Crippen LogP) is 1.69. The number of methoxy groups -OCH3 is 1. The van der Waals surface area contributed by atoms with Gasteiger partial charge in [-0.3, -0.25) is 10.1 Å². The molecule has 0 spiro atoms. The van der Waals surface area contributed by atoms with Crippen LogP contribution in [0.4, 0.5) is 5.69 Å². The lowest BCUT2D eigenvalue weighted by Gasteiger charge is -2.03. The van der Waals surface area contributed by atoms with Crippen LogP contribution < -0.4 is 0 Å². The molecule has 0 aliphatic rings. The number of nitro groups is 1. The summed E-state index contributed by atoms with van der Waals surface area (Å²) < 4.78 is 24.5. The van der Waals surface area contributed by atoms with E-state index in [9.17, 15) is 14.9 Å². The van der Waals surface area contributed by atoms with Crippen LogP contribution in [0.25, 0.3) is 0 Å². The SMILES string of the molecule is [2H]C([2H])([2H])OC(=O)c1cccc([N+](=O)[O-])c1C. The van der Waals surface area contributed by atoms with Crippen molar-refractivity contribution in [3.63, 3.8) is 0 Å². The standard InChI is InChI=1S/C9H9NO4/c1-6-7(9(11)14-2)4-3-5-8(6)10(12)13/h3-5H,1-2H3/i2D3. The van der Waals surface area contributed by atoms with Crippen molar-refractivity contribution in [3.8, 4) is 0 Å². The van der Waals surface area contributed by atoms with E-state index in [-0.39, 0.29) is 16.8 Å². The van der Waals surface area contributed by atoms with Crippen molar-refractivity contribution < 1.29 is 18.6 Å². The fraction of sp³-hybridized carbons (Fsp3) is 0.222. The van der Waals surface area contributed by atoms with Gasteiger partial charge in [-0.25, -0.2) is 4.79 Å². The normalized spacial score (nSPS) is 13.6. The molecule has 0 amide bonds. The lowest BCUT2D eigenvalue weighted by molar-refractivity contribution is -0.385. The van der Waals surface area contributed by atoms with Crippen LogP contribution in [0.3, 0.4) is 0 Å². The van der Waals surface area contributed by atoms with E-state index in [0.717, 1.165) is 0 Å². The van der Waals surface area contributed by atoms with Crippen LogP contribution in [0.5, 0.6) is 0 Å². The third-order valence-corrected chi connectivity index (χ3v) is 1.81. The molecule has 0 aliphatic carbocycles. The molecule has 74 valence electrons. The number of esters is 1. The largest absolute Gasteiger partial charge is 0.465 e. The Labute approximate surface area is 84.7 Å². The molecule has 0 bridgehead atoms. The average molecular weight is 198 g/mol. The molecule has 0 fully saturated rings. The van der Waals surface area contributed by atoms with Gasteiger partial charge < -0.3 is 4.74 Å². The van der Waals surface area contributed by atoms with Crippen LogP contribution in [0.2, 0.25) is 0 Å². The van der Waals surface area contributed by atoms with E-state index in [1.807, 2.05) is 0 Å². The fourth-order valence-electron chi connectivity index (χ4n) is 1.10. The highest BCUT2D eigenvalue weighted by Gasteiger charge is 2.17. The summed E-state index contributed by atoms with van der Waals surface area (Å²) in [7, 11) is -2.87. The molecule has 5 heteroatoms. The van der Waals surface area contributed by atoms with E-state index < -0.39 is 17.9 Å². The lowest BCUT2D eigenvalue weighted by Crippen LogP contribution is -2.05. The first-order valence-electron chi connectivity index (χ1n) is 5.20. The first-order valence-corrected chi connectivity index (χ1v) is 3.70. The maximum absolute atomic E-state index is 11.5. The molecule has 1 aromatic rings. The summed E-state index contributed by atoms with van der Waals surface area (Å²) in [5, 5.41) is 10.6. The number of hydrogen-bond acceptors (Lipinski definition) is 4. The monoisotopic (exact) mass is 198 g/mol. The van der Waals surface area contributed by atoms with Crippen molar-refractivity contribution in [1.82, 2.24) is 0 Å². The first-order chi connectivity index (χ1) is 7.72. The van der Waals surface area contributed by atoms with Gasteiger partial charge in [0.05, 0.1) is 21.6 Å². The lowest BCUT2D eigenvalue weighted by atomic mass is 10.1. The summed E-state index contributed by atoms with van der Waals surface area (Å²) in [5.41, 5.74) is -0.313. The first kappa shape index (κ1) is 6.53. The quantitative estimate of drug-likeness (QED) is 0.412. The molecule has 0 unspecified atom stereocenters. The zero-order valence-electron chi connectivity index (χ0n) is 10.3. The summed E-state index contributed by atoms with van der Waals surface area (Å²) in [6.45, 7) is 1.36. The van der Waals surface area contributed by atoms with Gasteiger partial charge in [-0.15, -0.1) is 0 Å². The van der Waals surface area contributed by atoms with E-state index in [2.05, 4.69) is 4.74 Å². The zero-order valence-corrected chi connectivity index (χ0v) is 7.31. The number of carbonyl (C=O) groups excluding carboxylic acids is 1. The number of nitro benzene ring substituents is 1. The maximum atomic E-state index is 11.5. The fourth-order valence-corrected chi connectivity index (χ4v) is 1.10. The van der Waals surface area contributed by atoms with E-state index in [1.165, 1.54) is 25.1 Å². The van der Waals surface area contributed by atoms with Gasteiger partial charge in [0, 0.05) is 11.6 Å². The van der Waals surface area contributed by atoms with Crippen molar-refractivity contribution in [2.75, 3.05) is 7.04 Å². The Hall–Kier alpha value is -1.91. The average Bonchev–Trinajstić information content (AvgIpc) is 2.14. The van der Waals surface area contributed by atoms with E-state index >= 15 is 0 Å². The van der Waals surface area contributed by atoms with Crippen molar-refractivity contribution in [2.45, 2.75) is 6.92 Å². The number of benzene rings is 1. The second kappa shape index (κ2) is 3.87. The Bertz CT molecular complexity index is 470. The minimum absolute atomic E-state index is 0.0757. The molecule has 1 aromatic carbocycles. The van der Waals surface area contributed by atoms with Crippen molar-refractivity contribution in [1.29, 1.82) is 0 Å². The topological polar surface area (TPSA) is 69.4 Å². The van der Waals surface area contributed by atoms with Gasteiger partial charge in [-0.1, -0.05) is 6.07 Å². The number of nitrogens with zero attached hydrogens (tertiary/aromatic N) is 1. The maximum Gasteiger partial charge on any atom is 0.338 e. The molecule has 1 rings (SSSR count). The van der Waals surface area contributed by atoms with Crippen molar-refractivity contribution >= 4 is 11.7 Å². The second-order valence-corrected chi connectivity index (χ2v) is 2.60. The van der Waals surface area contributed by atoms with Gasteiger partial charge in [0.1, 0.15) is 0 Å². The minimum atomic E-state index is -2.87. The summed E-state index contributed by atoms with van der Waals surface area (Å²) in [6.07, 6.45) is 0. The Morgan fingerprint density at radius 1 is 1.64 bits per heavy atom. The smallest absolute Gasteiger partial charge is 0.338 e. The summed E-state index contributed by atoms with van der Waals surface area (Å²) in [4.78, 5) is 21.4. The van der Waals surface area contributed by atoms with Gasteiger partial charge in [0.15, 0.2) is 0 Å². The van der Waals surface area contributed by atoms with E-state index in [4.69, 9.17) is 4.11 Å². The Balaban J connectivity index is 3.11. The molecular weight excluding hydrogens is 186 g/mol. The number of ether oxygens (including phenoxy) is 1. The van der Waals surface area contributed by atoms with Crippen LogP contribution in [-0.2, 0) is 4.74 Å².